The fourth-order valence-electron chi connectivity index (χ4n) is 3.65. The highest BCUT2D eigenvalue weighted by atomic mass is 32.1. The van der Waals surface area contributed by atoms with E-state index in [9.17, 15) is 4.39 Å². The molecule has 0 bridgehead atoms. The first kappa shape index (κ1) is 16.4. The van der Waals surface area contributed by atoms with Crippen LogP contribution < -0.4 is 0 Å². The molecule has 0 radical (unpaired) electrons. The lowest BCUT2D eigenvalue weighted by atomic mass is 9.68. The van der Waals surface area contributed by atoms with Gasteiger partial charge in [0, 0.05) is 10.8 Å². The van der Waals surface area contributed by atoms with Crippen molar-refractivity contribution in [1.82, 2.24) is 4.98 Å². The molecule has 0 amide bonds. The Hall–Kier alpha value is -1.48. The number of fused-ring (bicyclic) bond motifs is 3. The largest absolute Gasteiger partial charge is 0.241 e. The van der Waals surface area contributed by atoms with Gasteiger partial charge in [-0.15, -0.1) is 11.3 Å². The van der Waals surface area contributed by atoms with Crippen molar-refractivity contribution in [2.45, 2.75) is 52.9 Å². The molecule has 1 aromatic heterocycles. The number of rotatable bonds is 4. The molecule has 0 aliphatic heterocycles. The van der Waals surface area contributed by atoms with Crippen LogP contribution in [0.1, 0.15) is 51.1 Å². The molecule has 23 heavy (non-hydrogen) atoms. The number of benzene rings is 2. The average molecular weight is 329 g/mol. The van der Waals surface area contributed by atoms with Gasteiger partial charge in [0.15, 0.2) is 0 Å². The molecule has 0 saturated heterocycles. The van der Waals surface area contributed by atoms with Gasteiger partial charge in [-0.05, 0) is 36.3 Å². The fourth-order valence-corrected chi connectivity index (χ4v) is 4.51. The van der Waals surface area contributed by atoms with E-state index in [1.807, 2.05) is 19.1 Å². The average Bonchev–Trinajstić information content (AvgIpc) is 2.93. The zero-order chi connectivity index (χ0) is 16.8. The lowest BCUT2D eigenvalue weighted by Gasteiger charge is -2.36. The van der Waals surface area contributed by atoms with Crippen molar-refractivity contribution in [3.05, 3.63) is 40.7 Å². The Morgan fingerprint density at radius 3 is 2.70 bits per heavy atom. The van der Waals surface area contributed by atoms with E-state index in [1.165, 1.54) is 5.56 Å². The number of hydrogen-bond acceptors (Lipinski definition) is 2. The van der Waals surface area contributed by atoms with Gasteiger partial charge in [-0.2, -0.15) is 0 Å². The van der Waals surface area contributed by atoms with Crippen molar-refractivity contribution >= 4 is 32.3 Å². The Labute approximate surface area is 141 Å². The van der Waals surface area contributed by atoms with E-state index >= 15 is 0 Å². The first-order valence-electron chi connectivity index (χ1n) is 8.41. The first-order valence-corrected chi connectivity index (χ1v) is 9.22. The van der Waals surface area contributed by atoms with Crippen LogP contribution in [0.3, 0.4) is 0 Å². The molecule has 0 spiro atoms. The van der Waals surface area contributed by atoms with Crippen molar-refractivity contribution in [2.75, 3.05) is 0 Å². The van der Waals surface area contributed by atoms with E-state index in [-0.39, 0.29) is 11.2 Å². The first-order chi connectivity index (χ1) is 10.9. The van der Waals surface area contributed by atoms with Crippen LogP contribution in [0.15, 0.2) is 24.3 Å². The topological polar surface area (TPSA) is 12.9 Å². The quantitative estimate of drug-likeness (QED) is 0.524. The normalized spacial score (nSPS) is 15.9. The smallest absolute Gasteiger partial charge is 0.132 e. The molecule has 2 aromatic carbocycles. The fraction of sp³-hybridized carbons (Fsp3) is 0.450. The molecular formula is C20H24FNS. The van der Waals surface area contributed by atoms with Crippen molar-refractivity contribution < 1.29 is 4.39 Å². The molecule has 0 saturated carbocycles. The van der Waals surface area contributed by atoms with Gasteiger partial charge in [-0.1, -0.05) is 52.3 Å². The molecule has 3 rings (SSSR count). The number of aryl methyl sites for hydroxylation is 1. The molecule has 1 nitrogen and oxygen atoms in total. The second-order valence-corrected chi connectivity index (χ2v) is 7.98. The van der Waals surface area contributed by atoms with Gasteiger partial charge in [0.1, 0.15) is 5.82 Å². The minimum Gasteiger partial charge on any atom is -0.241 e. The number of thiazole rings is 1. The summed E-state index contributed by atoms with van der Waals surface area (Å²) in [6, 6.07) is 7.68. The molecule has 0 aliphatic rings. The Bertz CT molecular complexity index is 867. The van der Waals surface area contributed by atoms with E-state index in [2.05, 4.69) is 33.8 Å². The van der Waals surface area contributed by atoms with Crippen molar-refractivity contribution in [1.29, 1.82) is 0 Å². The minimum absolute atomic E-state index is 0.0203. The van der Waals surface area contributed by atoms with Crippen LogP contribution >= 0.6 is 11.3 Å². The zero-order valence-electron chi connectivity index (χ0n) is 14.5. The minimum atomic E-state index is -0.138. The summed E-state index contributed by atoms with van der Waals surface area (Å²) in [5.74, 6) is 0.386. The second-order valence-electron chi connectivity index (χ2n) is 6.75. The summed E-state index contributed by atoms with van der Waals surface area (Å²) >= 11 is 1.57. The van der Waals surface area contributed by atoms with E-state index in [1.54, 1.807) is 17.4 Å². The van der Waals surface area contributed by atoms with E-state index in [0.29, 0.717) is 11.3 Å². The van der Waals surface area contributed by atoms with Crippen LogP contribution in [0.4, 0.5) is 4.39 Å². The van der Waals surface area contributed by atoms with Crippen molar-refractivity contribution in [2.24, 2.45) is 5.92 Å². The Morgan fingerprint density at radius 1 is 1.30 bits per heavy atom. The highest BCUT2D eigenvalue weighted by molar-refractivity contribution is 7.18. The third-order valence-corrected chi connectivity index (χ3v) is 6.54. The second kappa shape index (κ2) is 5.86. The van der Waals surface area contributed by atoms with Crippen LogP contribution in [0.25, 0.3) is 21.0 Å². The van der Waals surface area contributed by atoms with E-state index in [4.69, 9.17) is 4.98 Å². The van der Waals surface area contributed by atoms with Crippen LogP contribution in [-0.4, -0.2) is 4.98 Å². The summed E-state index contributed by atoms with van der Waals surface area (Å²) in [6.45, 7) is 11.1. The van der Waals surface area contributed by atoms with Gasteiger partial charge in [0.05, 0.1) is 15.2 Å². The van der Waals surface area contributed by atoms with Crippen molar-refractivity contribution in [3.63, 3.8) is 0 Å². The number of hydrogen-bond donors (Lipinski definition) is 0. The predicted octanol–water partition coefficient (Wildman–Crippen LogP) is 6.61. The predicted molar refractivity (Wildman–Crippen MR) is 98.9 cm³/mol. The number of halogens is 1. The van der Waals surface area contributed by atoms with Crippen LogP contribution in [-0.2, 0) is 5.41 Å². The summed E-state index contributed by atoms with van der Waals surface area (Å²) < 4.78 is 15.6. The third kappa shape index (κ3) is 2.46. The zero-order valence-corrected chi connectivity index (χ0v) is 15.4. The highest BCUT2D eigenvalue weighted by Gasteiger charge is 2.32. The maximum atomic E-state index is 14.7. The van der Waals surface area contributed by atoms with Gasteiger partial charge in [0.2, 0.25) is 0 Å². The van der Waals surface area contributed by atoms with Crippen LogP contribution in [0.2, 0.25) is 0 Å². The Morgan fingerprint density at radius 2 is 2.04 bits per heavy atom. The third-order valence-electron chi connectivity index (χ3n) is 5.63. The van der Waals surface area contributed by atoms with Gasteiger partial charge >= 0.3 is 0 Å². The molecule has 0 fully saturated rings. The maximum absolute atomic E-state index is 14.7. The molecule has 2 unspecified atom stereocenters. The monoisotopic (exact) mass is 329 g/mol. The SMILES string of the molecule is CCC(C)C(C)(CC)c1cccc2c(F)cc3sc(C)nc3c12. The number of aromatic nitrogens is 1. The number of nitrogens with zero attached hydrogens (tertiary/aromatic N) is 1. The van der Waals surface area contributed by atoms with Gasteiger partial charge in [0.25, 0.3) is 0 Å². The summed E-state index contributed by atoms with van der Waals surface area (Å²) in [4.78, 5) is 4.73. The Kier molecular flexibility index (Phi) is 4.18. The Balaban J connectivity index is 2.46. The van der Waals surface area contributed by atoms with Crippen molar-refractivity contribution in [3.8, 4) is 0 Å². The van der Waals surface area contributed by atoms with Gasteiger partial charge in [-0.25, -0.2) is 9.37 Å². The molecule has 0 aliphatic carbocycles. The molecule has 0 N–H and O–H groups in total. The summed E-state index contributed by atoms with van der Waals surface area (Å²) in [5, 5.41) is 2.70. The van der Waals surface area contributed by atoms with E-state index < -0.39 is 0 Å². The maximum Gasteiger partial charge on any atom is 0.132 e. The molecule has 3 aromatic rings. The molecular weight excluding hydrogens is 305 g/mol. The molecule has 3 heteroatoms. The van der Waals surface area contributed by atoms with Crippen LogP contribution in [0.5, 0.6) is 0 Å². The highest BCUT2D eigenvalue weighted by Crippen LogP contribution is 2.43. The summed E-state index contributed by atoms with van der Waals surface area (Å²) in [6.07, 6.45) is 2.14. The molecule has 2 atom stereocenters. The lowest BCUT2D eigenvalue weighted by molar-refractivity contribution is 0.298. The standard InChI is InChI=1S/C20H24FNS/c1-6-12(3)20(5,7-2)15-10-8-9-14-16(21)11-17-19(18(14)15)22-13(4)23-17/h8-12H,6-7H2,1-5H3. The summed E-state index contributed by atoms with van der Waals surface area (Å²) in [7, 11) is 0. The lowest BCUT2D eigenvalue weighted by Crippen LogP contribution is -2.29. The molecule has 122 valence electrons. The van der Waals surface area contributed by atoms with Gasteiger partial charge in [-0.3, -0.25) is 0 Å². The van der Waals surface area contributed by atoms with Gasteiger partial charge < -0.3 is 0 Å². The molecule has 1 heterocycles. The summed E-state index contributed by atoms with van der Waals surface area (Å²) in [5.41, 5.74) is 2.22. The van der Waals surface area contributed by atoms with Crippen LogP contribution in [0, 0.1) is 18.7 Å². The van der Waals surface area contributed by atoms with E-state index in [0.717, 1.165) is 33.5 Å².